The lowest BCUT2D eigenvalue weighted by atomic mass is 10.3. The summed E-state index contributed by atoms with van der Waals surface area (Å²) >= 11 is 2.77. The number of rotatable bonds is 7. The number of nitrogens with zero attached hydrogens (tertiary/aromatic N) is 5. The summed E-state index contributed by atoms with van der Waals surface area (Å²) in [6, 6.07) is 7.35. The minimum atomic E-state index is -0.0609. The van der Waals surface area contributed by atoms with Gasteiger partial charge in [0.05, 0.1) is 24.4 Å². The molecule has 4 heterocycles. The third-order valence-corrected chi connectivity index (χ3v) is 5.59. The van der Waals surface area contributed by atoms with Gasteiger partial charge in [0.1, 0.15) is 10.4 Å². The maximum atomic E-state index is 12.7. The Balaban J connectivity index is 1.58. The highest BCUT2D eigenvalue weighted by Crippen LogP contribution is 2.24. The zero-order chi connectivity index (χ0) is 18.6. The van der Waals surface area contributed by atoms with Crippen molar-refractivity contribution in [3.63, 3.8) is 0 Å². The Kier molecular flexibility index (Phi) is 5.28. The van der Waals surface area contributed by atoms with E-state index >= 15 is 0 Å². The Labute approximate surface area is 162 Å². The summed E-state index contributed by atoms with van der Waals surface area (Å²) in [5, 5.41) is 6.42. The van der Waals surface area contributed by atoms with Gasteiger partial charge in [0, 0.05) is 13.3 Å². The van der Waals surface area contributed by atoms with Crippen molar-refractivity contribution in [1.29, 1.82) is 0 Å². The maximum absolute atomic E-state index is 12.7. The number of hydrogen-bond acceptors (Lipinski definition) is 9. The minimum absolute atomic E-state index is 0.0609. The molecule has 0 aliphatic carbocycles. The van der Waals surface area contributed by atoms with E-state index in [2.05, 4.69) is 20.1 Å². The summed E-state index contributed by atoms with van der Waals surface area (Å²) in [5.41, 5.74) is 1.28. The molecule has 0 aromatic carbocycles. The Morgan fingerprint density at radius 1 is 1.30 bits per heavy atom. The zero-order valence-electron chi connectivity index (χ0n) is 14.4. The fourth-order valence-electron chi connectivity index (χ4n) is 2.45. The molecule has 0 amide bonds. The van der Waals surface area contributed by atoms with E-state index in [1.54, 1.807) is 17.9 Å². The van der Waals surface area contributed by atoms with Gasteiger partial charge in [0.25, 0.3) is 5.56 Å². The van der Waals surface area contributed by atoms with Gasteiger partial charge >= 0.3 is 0 Å². The van der Waals surface area contributed by atoms with Gasteiger partial charge in [-0.1, -0.05) is 23.0 Å². The molecule has 0 saturated heterocycles. The van der Waals surface area contributed by atoms with Crippen molar-refractivity contribution in [3.8, 4) is 11.5 Å². The average molecular weight is 401 g/mol. The highest BCUT2D eigenvalue weighted by Gasteiger charge is 2.15. The molecule has 0 N–H and O–H groups in total. The molecule has 0 fully saturated rings. The smallest absolute Gasteiger partial charge is 0.272 e. The molecule has 27 heavy (non-hydrogen) atoms. The molecule has 0 bridgehead atoms. The maximum Gasteiger partial charge on any atom is 0.272 e. The van der Waals surface area contributed by atoms with E-state index in [0.717, 1.165) is 0 Å². The molecule has 0 aliphatic heterocycles. The first-order valence-corrected chi connectivity index (χ1v) is 9.96. The highest BCUT2D eigenvalue weighted by molar-refractivity contribution is 7.98. The van der Waals surface area contributed by atoms with Crippen molar-refractivity contribution in [3.05, 3.63) is 52.1 Å². The lowest BCUT2D eigenvalue weighted by molar-refractivity contribution is 0.183. The van der Waals surface area contributed by atoms with E-state index in [0.29, 0.717) is 51.7 Å². The largest absolute Gasteiger partial charge is 0.383 e. The van der Waals surface area contributed by atoms with Gasteiger partial charge in [-0.15, -0.1) is 11.3 Å². The summed E-state index contributed by atoms with van der Waals surface area (Å²) < 4.78 is 12.7. The first kappa shape index (κ1) is 17.8. The quantitative estimate of drug-likeness (QED) is 0.345. The topological polar surface area (TPSA) is 95.9 Å². The van der Waals surface area contributed by atoms with Crippen LogP contribution in [0.2, 0.25) is 0 Å². The van der Waals surface area contributed by atoms with Crippen molar-refractivity contribution >= 4 is 33.3 Å². The monoisotopic (exact) mass is 401 g/mol. The summed E-state index contributed by atoms with van der Waals surface area (Å²) in [6.07, 6.45) is 1.68. The van der Waals surface area contributed by atoms with Crippen LogP contribution >= 0.6 is 23.1 Å². The number of hydrogen-bond donors (Lipinski definition) is 0. The minimum Gasteiger partial charge on any atom is -0.383 e. The molecular weight excluding hydrogens is 386 g/mol. The highest BCUT2D eigenvalue weighted by atomic mass is 32.2. The van der Waals surface area contributed by atoms with Gasteiger partial charge in [-0.25, -0.2) is 4.98 Å². The Bertz CT molecular complexity index is 1110. The van der Waals surface area contributed by atoms with Gasteiger partial charge in [0.2, 0.25) is 11.7 Å². The second-order valence-electron chi connectivity index (χ2n) is 5.49. The molecule has 0 atom stereocenters. The van der Waals surface area contributed by atoms with Gasteiger partial charge in [-0.05, 0) is 23.6 Å². The molecule has 8 nitrogen and oxygen atoms in total. The SMILES string of the molecule is COCCn1c(SCc2nc(-c3ccccn3)no2)nc2ccsc2c1=O. The Morgan fingerprint density at radius 3 is 3.04 bits per heavy atom. The molecule has 4 rings (SSSR count). The molecule has 4 aromatic heterocycles. The van der Waals surface area contributed by atoms with Gasteiger partial charge in [-0.2, -0.15) is 4.98 Å². The van der Waals surface area contributed by atoms with Gasteiger partial charge in [0.15, 0.2) is 5.16 Å². The molecular formula is C17H15N5O3S2. The van der Waals surface area contributed by atoms with Crippen molar-refractivity contribution in [2.75, 3.05) is 13.7 Å². The zero-order valence-corrected chi connectivity index (χ0v) is 16.0. The van der Waals surface area contributed by atoms with Gasteiger partial charge in [-0.3, -0.25) is 14.3 Å². The predicted molar refractivity (Wildman–Crippen MR) is 103 cm³/mol. The van der Waals surface area contributed by atoms with Crippen molar-refractivity contribution in [2.45, 2.75) is 17.5 Å². The third kappa shape index (κ3) is 3.77. The van der Waals surface area contributed by atoms with Crippen LogP contribution < -0.4 is 5.56 Å². The standard InChI is InChI=1S/C17H15N5O3S2/c1-24-8-7-22-16(23)14-11(5-9-26-14)19-17(22)27-10-13-20-15(21-25-13)12-4-2-3-6-18-12/h2-6,9H,7-8,10H2,1H3. The second-order valence-corrected chi connectivity index (χ2v) is 7.35. The first-order valence-electron chi connectivity index (χ1n) is 8.10. The van der Waals surface area contributed by atoms with Crippen LogP contribution in [-0.2, 0) is 17.0 Å². The number of aromatic nitrogens is 5. The van der Waals surface area contributed by atoms with Gasteiger partial charge < -0.3 is 9.26 Å². The molecule has 138 valence electrons. The van der Waals surface area contributed by atoms with Crippen LogP contribution in [0.15, 0.2) is 50.3 Å². The number of thioether (sulfide) groups is 1. The molecule has 10 heteroatoms. The first-order chi connectivity index (χ1) is 13.3. The van der Waals surface area contributed by atoms with E-state index in [-0.39, 0.29) is 5.56 Å². The summed E-state index contributed by atoms with van der Waals surface area (Å²) in [7, 11) is 1.60. The van der Waals surface area contributed by atoms with Crippen LogP contribution in [0.5, 0.6) is 0 Å². The normalized spacial score (nSPS) is 11.3. The molecule has 0 saturated carbocycles. The predicted octanol–water partition coefficient (Wildman–Crippen LogP) is 2.84. The van der Waals surface area contributed by atoms with Crippen LogP contribution in [0.25, 0.3) is 21.7 Å². The van der Waals surface area contributed by atoms with Crippen LogP contribution in [0.4, 0.5) is 0 Å². The van der Waals surface area contributed by atoms with E-state index in [1.807, 2.05) is 29.6 Å². The molecule has 0 aliphatic rings. The van der Waals surface area contributed by atoms with Crippen LogP contribution in [0.1, 0.15) is 5.89 Å². The molecule has 0 spiro atoms. The summed E-state index contributed by atoms with van der Waals surface area (Å²) in [5.74, 6) is 1.28. The average Bonchev–Trinajstić information content (AvgIpc) is 3.36. The van der Waals surface area contributed by atoms with E-state index in [1.165, 1.54) is 23.1 Å². The number of fused-ring (bicyclic) bond motifs is 1. The van der Waals surface area contributed by atoms with Crippen LogP contribution in [0, 0.1) is 0 Å². The molecule has 0 unspecified atom stereocenters. The third-order valence-electron chi connectivity index (χ3n) is 3.74. The van der Waals surface area contributed by atoms with E-state index in [9.17, 15) is 4.79 Å². The second kappa shape index (κ2) is 7.99. The number of ether oxygens (including phenoxy) is 1. The Morgan fingerprint density at radius 2 is 2.22 bits per heavy atom. The van der Waals surface area contributed by atoms with Crippen molar-refractivity contribution in [1.82, 2.24) is 24.7 Å². The van der Waals surface area contributed by atoms with Crippen LogP contribution in [0.3, 0.4) is 0 Å². The lowest BCUT2D eigenvalue weighted by Crippen LogP contribution is -2.24. The summed E-state index contributed by atoms with van der Waals surface area (Å²) in [4.78, 5) is 25.9. The number of thiophene rings is 1. The lowest BCUT2D eigenvalue weighted by Gasteiger charge is -2.10. The van der Waals surface area contributed by atoms with E-state index in [4.69, 9.17) is 9.26 Å². The van der Waals surface area contributed by atoms with Crippen molar-refractivity contribution in [2.24, 2.45) is 0 Å². The number of pyridine rings is 1. The van der Waals surface area contributed by atoms with E-state index < -0.39 is 0 Å². The molecule has 4 aromatic rings. The summed E-state index contributed by atoms with van der Waals surface area (Å²) in [6.45, 7) is 0.859. The van der Waals surface area contributed by atoms with Crippen molar-refractivity contribution < 1.29 is 9.26 Å². The fourth-order valence-corrected chi connectivity index (χ4v) is 4.09. The number of methoxy groups -OCH3 is 1. The Hall–Kier alpha value is -2.56. The molecule has 0 radical (unpaired) electrons. The van der Waals surface area contributed by atoms with Crippen LogP contribution in [-0.4, -0.2) is 38.4 Å². The fraction of sp³-hybridized carbons (Fsp3) is 0.235.